The van der Waals surface area contributed by atoms with Gasteiger partial charge < -0.3 is 5.32 Å². The van der Waals surface area contributed by atoms with Crippen molar-refractivity contribution in [3.63, 3.8) is 0 Å². The average molecular weight is 135 g/mol. The fourth-order valence-corrected chi connectivity index (χ4v) is 0.479. The van der Waals surface area contributed by atoms with Crippen molar-refractivity contribution in [2.75, 3.05) is 13.1 Å². The number of rotatable bonds is 4. The fourth-order valence-electron chi connectivity index (χ4n) is 0.479. The van der Waals surface area contributed by atoms with Crippen LogP contribution in [0.3, 0.4) is 0 Å². The van der Waals surface area contributed by atoms with Crippen molar-refractivity contribution in [1.82, 2.24) is 5.32 Å². The predicted molar refractivity (Wildman–Crippen MR) is 44.6 cm³/mol. The third-order valence-electron chi connectivity index (χ3n) is 0.854. The van der Waals surface area contributed by atoms with E-state index in [1.165, 1.54) is 25.9 Å². The molecule has 0 rings (SSSR count). The van der Waals surface area contributed by atoms with E-state index in [9.17, 15) is 0 Å². The van der Waals surface area contributed by atoms with Gasteiger partial charge in [0.1, 0.15) is 0 Å². The minimum absolute atomic E-state index is 0. The summed E-state index contributed by atoms with van der Waals surface area (Å²) in [6.07, 6.45) is 2.50. The molecule has 0 bridgehead atoms. The SMILES string of the molecule is CCCNCCC.P. The minimum Gasteiger partial charge on any atom is -0.317 e. The van der Waals surface area contributed by atoms with Crippen LogP contribution in [0.15, 0.2) is 0 Å². The molecule has 0 aromatic rings. The Labute approximate surface area is 55.9 Å². The second kappa shape index (κ2) is 10.4. The summed E-state index contributed by atoms with van der Waals surface area (Å²) < 4.78 is 0. The molecule has 0 radical (unpaired) electrons. The molecule has 1 nitrogen and oxygen atoms in total. The summed E-state index contributed by atoms with van der Waals surface area (Å²) in [5.41, 5.74) is 0. The van der Waals surface area contributed by atoms with Crippen LogP contribution in [0, 0.1) is 0 Å². The van der Waals surface area contributed by atoms with Gasteiger partial charge in [-0.2, -0.15) is 9.90 Å². The van der Waals surface area contributed by atoms with E-state index in [-0.39, 0.29) is 9.90 Å². The first-order chi connectivity index (χ1) is 3.41. The van der Waals surface area contributed by atoms with Gasteiger partial charge in [0.05, 0.1) is 0 Å². The first-order valence-electron chi connectivity index (χ1n) is 3.12. The second-order valence-corrected chi connectivity index (χ2v) is 1.75. The van der Waals surface area contributed by atoms with Gasteiger partial charge in [0.15, 0.2) is 0 Å². The van der Waals surface area contributed by atoms with E-state index in [4.69, 9.17) is 0 Å². The number of hydrogen-bond acceptors (Lipinski definition) is 1. The molecule has 0 heterocycles. The lowest BCUT2D eigenvalue weighted by atomic mass is 10.4. The third kappa shape index (κ3) is 9.63. The normalized spacial score (nSPS) is 8.25. The maximum Gasteiger partial charge on any atom is -0.00516 e. The van der Waals surface area contributed by atoms with Crippen LogP contribution in [-0.2, 0) is 0 Å². The van der Waals surface area contributed by atoms with Gasteiger partial charge in [0.2, 0.25) is 0 Å². The topological polar surface area (TPSA) is 12.0 Å². The Balaban J connectivity index is 0. The molecule has 0 aliphatic rings. The maximum absolute atomic E-state index is 3.28. The molecule has 52 valence electrons. The van der Waals surface area contributed by atoms with Gasteiger partial charge in [-0.3, -0.25) is 0 Å². The molecule has 2 heteroatoms. The van der Waals surface area contributed by atoms with E-state index >= 15 is 0 Å². The first kappa shape index (κ1) is 11.2. The van der Waals surface area contributed by atoms with Crippen LogP contribution in [0.5, 0.6) is 0 Å². The predicted octanol–water partition coefficient (Wildman–Crippen LogP) is 1.45. The molecule has 1 unspecified atom stereocenters. The Morgan fingerprint density at radius 2 is 1.38 bits per heavy atom. The van der Waals surface area contributed by atoms with E-state index in [1.54, 1.807) is 0 Å². The minimum atomic E-state index is 0. The molecule has 0 amide bonds. The van der Waals surface area contributed by atoms with E-state index < -0.39 is 0 Å². The van der Waals surface area contributed by atoms with Crippen LogP contribution in [0.1, 0.15) is 26.7 Å². The molecular weight excluding hydrogens is 117 g/mol. The Kier molecular flexibility index (Phi) is 14.6. The van der Waals surface area contributed by atoms with Crippen LogP contribution in [-0.4, -0.2) is 13.1 Å². The van der Waals surface area contributed by atoms with Gasteiger partial charge >= 0.3 is 0 Å². The fraction of sp³-hybridized carbons (Fsp3) is 1.00. The average Bonchev–Trinajstić information content (AvgIpc) is 1.69. The van der Waals surface area contributed by atoms with Crippen molar-refractivity contribution in [2.45, 2.75) is 26.7 Å². The van der Waals surface area contributed by atoms with Gasteiger partial charge in [-0.15, -0.1) is 0 Å². The summed E-state index contributed by atoms with van der Waals surface area (Å²) in [5, 5.41) is 3.28. The van der Waals surface area contributed by atoms with E-state index in [0.717, 1.165) is 0 Å². The van der Waals surface area contributed by atoms with Crippen molar-refractivity contribution in [2.24, 2.45) is 0 Å². The summed E-state index contributed by atoms with van der Waals surface area (Å²) in [6.45, 7) is 6.72. The van der Waals surface area contributed by atoms with E-state index in [2.05, 4.69) is 19.2 Å². The van der Waals surface area contributed by atoms with Gasteiger partial charge in [0, 0.05) is 0 Å². The highest BCUT2D eigenvalue weighted by molar-refractivity contribution is 6.92. The van der Waals surface area contributed by atoms with Gasteiger partial charge in [-0.05, 0) is 25.9 Å². The lowest BCUT2D eigenvalue weighted by molar-refractivity contribution is 0.662. The zero-order chi connectivity index (χ0) is 5.54. The van der Waals surface area contributed by atoms with Crippen LogP contribution >= 0.6 is 9.90 Å². The quantitative estimate of drug-likeness (QED) is 0.454. The van der Waals surface area contributed by atoms with Crippen molar-refractivity contribution < 1.29 is 0 Å². The highest BCUT2D eigenvalue weighted by Gasteiger charge is 1.76. The van der Waals surface area contributed by atoms with Crippen LogP contribution < -0.4 is 5.32 Å². The second-order valence-electron chi connectivity index (χ2n) is 1.75. The van der Waals surface area contributed by atoms with Gasteiger partial charge in [-0.1, -0.05) is 13.8 Å². The summed E-state index contributed by atoms with van der Waals surface area (Å²) in [4.78, 5) is 0. The Morgan fingerprint density at radius 3 is 1.62 bits per heavy atom. The van der Waals surface area contributed by atoms with Gasteiger partial charge in [-0.25, -0.2) is 0 Å². The highest BCUT2D eigenvalue weighted by atomic mass is 31.0. The number of hydrogen-bond donors (Lipinski definition) is 1. The van der Waals surface area contributed by atoms with E-state index in [1.807, 2.05) is 0 Å². The van der Waals surface area contributed by atoms with E-state index in [0.29, 0.717) is 0 Å². The molecule has 8 heavy (non-hydrogen) atoms. The largest absolute Gasteiger partial charge is 0.317 e. The summed E-state index contributed by atoms with van der Waals surface area (Å²) in [5.74, 6) is 0. The lowest BCUT2D eigenvalue weighted by Gasteiger charge is -1.95. The molecule has 0 saturated heterocycles. The lowest BCUT2D eigenvalue weighted by Crippen LogP contribution is -2.14. The van der Waals surface area contributed by atoms with Crippen molar-refractivity contribution in [3.05, 3.63) is 0 Å². The molecule has 0 aliphatic carbocycles. The van der Waals surface area contributed by atoms with Crippen molar-refractivity contribution >= 4 is 9.90 Å². The highest BCUT2D eigenvalue weighted by Crippen LogP contribution is 1.71. The summed E-state index contributed by atoms with van der Waals surface area (Å²) in [7, 11) is 0. The van der Waals surface area contributed by atoms with Crippen LogP contribution in [0.2, 0.25) is 0 Å². The molecule has 0 fully saturated rings. The Bertz CT molecular complexity index is 27.7. The smallest absolute Gasteiger partial charge is 0.00516 e. The molecule has 0 aromatic heterocycles. The molecule has 1 N–H and O–H groups in total. The number of nitrogens with one attached hydrogen (secondary N) is 1. The molecule has 0 aliphatic heterocycles. The molecule has 0 saturated carbocycles. The summed E-state index contributed by atoms with van der Waals surface area (Å²) in [6, 6.07) is 0. The third-order valence-corrected chi connectivity index (χ3v) is 0.854. The molecular formula is C6H18NP. The standard InChI is InChI=1S/C6H15N.H3P/c1-3-5-7-6-4-2;/h7H,3-6H2,1-2H3;1H3. The van der Waals surface area contributed by atoms with Crippen LogP contribution in [0.25, 0.3) is 0 Å². The van der Waals surface area contributed by atoms with Crippen molar-refractivity contribution in [1.29, 1.82) is 0 Å². The molecule has 0 spiro atoms. The Hall–Kier alpha value is 0.390. The first-order valence-corrected chi connectivity index (χ1v) is 3.12. The monoisotopic (exact) mass is 135 g/mol. The Morgan fingerprint density at radius 1 is 1.00 bits per heavy atom. The molecule has 0 aromatic carbocycles. The van der Waals surface area contributed by atoms with Gasteiger partial charge in [0.25, 0.3) is 0 Å². The summed E-state index contributed by atoms with van der Waals surface area (Å²) >= 11 is 0. The van der Waals surface area contributed by atoms with Crippen LogP contribution in [0.4, 0.5) is 0 Å². The van der Waals surface area contributed by atoms with Crippen molar-refractivity contribution in [3.8, 4) is 0 Å². The zero-order valence-corrected chi connectivity index (χ0v) is 7.45. The zero-order valence-electron chi connectivity index (χ0n) is 6.04. The molecule has 1 atom stereocenters. The maximum atomic E-state index is 3.28.